The van der Waals surface area contributed by atoms with E-state index >= 15 is 8.78 Å². The lowest BCUT2D eigenvalue weighted by Gasteiger charge is -2.33. The highest BCUT2D eigenvalue weighted by molar-refractivity contribution is 6.07. The normalized spacial score (nSPS) is 19.3. The molecule has 49 heavy (non-hydrogen) atoms. The number of likely N-dealkylation sites (tertiary alicyclic amines) is 1. The molecular weight excluding hydrogens is 645 g/mol. The van der Waals surface area contributed by atoms with Gasteiger partial charge in [0.05, 0.1) is 43.0 Å². The van der Waals surface area contributed by atoms with Crippen molar-refractivity contribution in [2.24, 2.45) is 22.6 Å². The van der Waals surface area contributed by atoms with Gasteiger partial charge in [0.25, 0.3) is 5.91 Å². The van der Waals surface area contributed by atoms with Crippen LogP contribution in [0, 0.1) is 17.7 Å². The van der Waals surface area contributed by atoms with Crippen molar-refractivity contribution in [3.05, 3.63) is 53.5 Å². The van der Waals surface area contributed by atoms with E-state index in [0.29, 0.717) is 66.6 Å². The van der Waals surface area contributed by atoms with Crippen LogP contribution in [0.25, 0.3) is 11.1 Å². The first-order valence-corrected chi connectivity index (χ1v) is 15.8. The molecule has 254 valence electrons. The number of hydrogen-bond acceptors (Lipinski definition) is 9. The summed E-state index contributed by atoms with van der Waals surface area (Å²) in [5.74, 6) is -2.63. The van der Waals surface area contributed by atoms with Crippen molar-refractivity contribution in [2.75, 3.05) is 25.1 Å². The SMILES string of the molecule is COC(=O)N1CCC(C(C)=[N+]2C=Nc3c2nc(CC2CC2)c(C(N)=O)c3-c2ccc3c(c2)OC(F)(F)C(=O)N3Cc2ncc(F)cn2)CC1. The molecule has 1 saturated heterocycles. The number of amides is 3. The minimum atomic E-state index is -4.24. The van der Waals surface area contributed by atoms with Gasteiger partial charge >= 0.3 is 23.9 Å². The van der Waals surface area contributed by atoms with Crippen LogP contribution in [0.5, 0.6) is 5.75 Å². The van der Waals surface area contributed by atoms with Gasteiger partial charge in [-0.2, -0.15) is 8.78 Å². The van der Waals surface area contributed by atoms with Gasteiger partial charge in [0, 0.05) is 31.0 Å². The van der Waals surface area contributed by atoms with E-state index in [9.17, 15) is 18.8 Å². The van der Waals surface area contributed by atoms with Crippen LogP contribution in [-0.2, 0) is 22.5 Å². The molecule has 13 nitrogen and oxygen atoms in total. The fraction of sp³-hybridized carbons (Fsp3) is 0.394. The molecule has 3 amide bonds. The lowest BCUT2D eigenvalue weighted by molar-refractivity contribution is -0.299. The molecule has 0 spiro atoms. The minimum Gasteiger partial charge on any atom is -0.453 e. The van der Waals surface area contributed by atoms with Gasteiger partial charge in [0.15, 0.2) is 11.6 Å². The van der Waals surface area contributed by atoms with Crippen LogP contribution in [0.1, 0.15) is 54.5 Å². The number of methoxy groups -OCH3 is 1. The summed E-state index contributed by atoms with van der Waals surface area (Å²) in [6.07, 6.45) is 2.56. The number of primary amides is 1. The third-order valence-electron chi connectivity index (χ3n) is 9.33. The average molecular weight is 678 g/mol. The predicted molar refractivity (Wildman–Crippen MR) is 169 cm³/mol. The highest BCUT2D eigenvalue weighted by atomic mass is 19.3. The van der Waals surface area contributed by atoms with Crippen LogP contribution in [0.2, 0.25) is 0 Å². The molecule has 2 aromatic heterocycles. The van der Waals surface area contributed by atoms with Crippen molar-refractivity contribution in [3.8, 4) is 16.9 Å². The first-order chi connectivity index (χ1) is 23.4. The summed E-state index contributed by atoms with van der Waals surface area (Å²) in [7, 11) is 1.35. The molecule has 1 saturated carbocycles. The fourth-order valence-electron chi connectivity index (χ4n) is 6.57. The van der Waals surface area contributed by atoms with Crippen LogP contribution >= 0.6 is 0 Å². The molecule has 0 radical (unpaired) electrons. The standard InChI is InChI=1S/C33H31F3N8O5/c1-17(19-7-9-42(10-8-19)32(47)48-2)44-16-40-28-26(27(29(37)45)22(41-30(28)44)11-18-3-4-18)20-5-6-23-24(12-20)49-33(35,36)31(46)43(23)15-25-38-13-21(34)14-39-25/h5-6,12-14,16,18-19H,3-4,7-11,15H2,1-2H3,(H-,37,45)/p+1. The number of alkyl halides is 2. The number of piperidine rings is 1. The van der Waals surface area contributed by atoms with Gasteiger partial charge < -0.3 is 20.1 Å². The summed E-state index contributed by atoms with van der Waals surface area (Å²) >= 11 is 0. The molecule has 2 fully saturated rings. The first-order valence-electron chi connectivity index (χ1n) is 15.8. The molecule has 7 rings (SSSR count). The number of ether oxygens (including phenoxy) is 2. The maximum absolute atomic E-state index is 15.0. The second-order valence-corrected chi connectivity index (χ2v) is 12.5. The summed E-state index contributed by atoms with van der Waals surface area (Å²) in [4.78, 5) is 57.6. The number of aliphatic imine (C=N–C) groups is 1. The Morgan fingerprint density at radius 2 is 1.86 bits per heavy atom. The Bertz CT molecular complexity index is 1940. The van der Waals surface area contributed by atoms with Crippen LogP contribution in [0.4, 0.5) is 35.2 Å². The Hall–Kier alpha value is -5.41. The van der Waals surface area contributed by atoms with Crippen molar-refractivity contribution in [1.82, 2.24) is 19.9 Å². The summed E-state index contributed by atoms with van der Waals surface area (Å²) < 4.78 is 55.1. The molecule has 2 N–H and O–H groups in total. The van der Waals surface area contributed by atoms with Crippen molar-refractivity contribution in [3.63, 3.8) is 0 Å². The van der Waals surface area contributed by atoms with E-state index in [2.05, 4.69) is 15.0 Å². The van der Waals surface area contributed by atoms with Gasteiger partial charge in [-0.1, -0.05) is 6.07 Å². The second kappa shape index (κ2) is 12.2. The predicted octanol–water partition coefficient (Wildman–Crippen LogP) is 4.50. The highest BCUT2D eigenvalue weighted by Crippen LogP contribution is 2.48. The summed E-state index contributed by atoms with van der Waals surface area (Å²) in [6.45, 7) is 2.53. The zero-order chi connectivity index (χ0) is 34.6. The monoisotopic (exact) mass is 677 g/mol. The molecule has 0 bridgehead atoms. The molecule has 1 aliphatic carbocycles. The topological polar surface area (TPSA) is 156 Å². The molecule has 3 aliphatic heterocycles. The zero-order valence-corrected chi connectivity index (χ0v) is 26.7. The number of rotatable bonds is 7. The molecule has 0 unspecified atom stereocenters. The second-order valence-electron chi connectivity index (χ2n) is 12.5. The maximum Gasteiger partial charge on any atom is 0.482 e. The van der Waals surface area contributed by atoms with E-state index in [0.717, 1.165) is 35.8 Å². The Morgan fingerprint density at radius 1 is 1.14 bits per heavy atom. The Kier molecular flexibility index (Phi) is 8.03. The number of nitrogens with zero attached hydrogens (tertiary/aromatic N) is 7. The average Bonchev–Trinajstić information content (AvgIpc) is 3.81. The number of carbonyl (C=O) groups excluding carboxylic acids is 3. The molecule has 1 aromatic carbocycles. The molecule has 0 atom stereocenters. The smallest absolute Gasteiger partial charge is 0.453 e. The van der Waals surface area contributed by atoms with Crippen molar-refractivity contribution in [2.45, 2.75) is 51.7 Å². The van der Waals surface area contributed by atoms with E-state index in [4.69, 9.17) is 20.2 Å². The quantitative estimate of drug-likeness (QED) is 0.359. The molecule has 16 heteroatoms. The lowest BCUT2D eigenvalue weighted by atomic mass is 9.92. The first kappa shape index (κ1) is 32.2. The summed E-state index contributed by atoms with van der Waals surface area (Å²) in [5.41, 5.74) is 8.47. The number of carbonyl (C=O) groups is 3. The van der Waals surface area contributed by atoms with Crippen molar-refractivity contribution in [1.29, 1.82) is 0 Å². The maximum atomic E-state index is 15.0. The van der Waals surface area contributed by atoms with Crippen LogP contribution in [0.3, 0.4) is 0 Å². The number of aromatic nitrogens is 3. The number of pyridine rings is 1. The zero-order valence-electron chi connectivity index (χ0n) is 26.7. The van der Waals surface area contributed by atoms with Crippen LogP contribution < -0.4 is 15.4 Å². The van der Waals surface area contributed by atoms with E-state index in [-0.39, 0.29) is 34.8 Å². The van der Waals surface area contributed by atoms with E-state index in [1.165, 1.54) is 19.2 Å². The number of nitrogens with two attached hydrogens (primary N) is 1. The highest BCUT2D eigenvalue weighted by Gasteiger charge is 2.51. The Balaban J connectivity index is 1.32. The fourth-order valence-corrected chi connectivity index (χ4v) is 6.57. The summed E-state index contributed by atoms with van der Waals surface area (Å²) in [6, 6.07) is 4.30. The Morgan fingerprint density at radius 3 is 2.51 bits per heavy atom. The minimum absolute atomic E-state index is 0.00438. The number of benzene rings is 1. The van der Waals surface area contributed by atoms with Gasteiger partial charge in [0.2, 0.25) is 12.0 Å². The van der Waals surface area contributed by atoms with E-state index in [1.807, 2.05) is 11.5 Å². The number of halogens is 3. The largest absolute Gasteiger partial charge is 0.482 e. The van der Waals surface area contributed by atoms with Crippen molar-refractivity contribution >= 4 is 47.2 Å². The van der Waals surface area contributed by atoms with Crippen LogP contribution in [-0.4, -0.2) is 80.7 Å². The van der Waals surface area contributed by atoms with E-state index in [1.54, 1.807) is 17.3 Å². The van der Waals surface area contributed by atoms with E-state index < -0.39 is 30.3 Å². The number of fused-ring (bicyclic) bond motifs is 2. The molecular formula is C33H32F3N8O5+. The van der Waals surface area contributed by atoms with Crippen molar-refractivity contribution < 1.29 is 41.6 Å². The third-order valence-corrected chi connectivity index (χ3v) is 9.33. The summed E-state index contributed by atoms with van der Waals surface area (Å²) in [5, 5.41) is 0. The van der Waals surface area contributed by atoms with Gasteiger partial charge in [-0.25, -0.2) is 23.7 Å². The van der Waals surface area contributed by atoms with Gasteiger partial charge in [-0.15, -0.1) is 9.98 Å². The molecule has 5 heterocycles. The van der Waals surface area contributed by atoms with Gasteiger partial charge in [-0.05, 0) is 56.2 Å². The number of anilines is 1. The number of hydrogen-bond donors (Lipinski definition) is 1. The van der Waals surface area contributed by atoms with Gasteiger partial charge in [-0.3, -0.25) is 14.5 Å². The molecule has 3 aromatic rings. The lowest BCUT2D eigenvalue weighted by Crippen LogP contribution is -2.50. The Labute approximate surface area is 278 Å². The molecule has 4 aliphatic rings. The third kappa shape index (κ3) is 5.95. The van der Waals surface area contributed by atoms with Crippen LogP contribution in [0.15, 0.2) is 35.6 Å². The van der Waals surface area contributed by atoms with Gasteiger partial charge in [0.1, 0.15) is 11.5 Å².